The minimum atomic E-state index is -0.520. The highest BCUT2D eigenvalue weighted by molar-refractivity contribution is 6.04. The lowest BCUT2D eigenvalue weighted by Gasteiger charge is -2.08. The monoisotopic (exact) mass is 272 g/mol. The molecule has 0 bridgehead atoms. The molecule has 0 spiro atoms. The number of hydrogen-bond donors (Lipinski definition) is 2. The first-order chi connectivity index (χ1) is 9.70. The van der Waals surface area contributed by atoms with Crippen LogP contribution in [0.2, 0.25) is 0 Å². The van der Waals surface area contributed by atoms with Gasteiger partial charge in [0.1, 0.15) is 5.82 Å². The standard InChI is InChI=1S/C16H17FN2O/c1-2-18-11-12-6-5-7-13(10-12)19-16(20)14-8-3-4-9-15(14)17/h3-10,18H,2,11H2,1H3,(H,19,20). The van der Waals surface area contributed by atoms with E-state index in [1.54, 1.807) is 18.2 Å². The first-order valence-corrected chi connectivity index (χ1v) is 6.56. The van der Waals surface area contributed by atoms with Gasteiger partial charge in [-0.25, -0.2) is 4.39 Å². The summed E-state index contributed by atoms with van der Waals surface area (Å²) in [6, 6.07) is 13.4. The van der Waals surface area contributed by atoms with Crippen LogP contribution in [-0.2, 0) is 6.54 Å². The molecule has 20 heavy (non-hydrogen) atoms. The zero-order valence-corrected chi connectivity index (χ0v) is 11.3. The molecule has 2 rings (SSSR count). The van der Waals surface area contributed by atoms with Crippen molar-refractivity contribution >= 4 is 11.6 Å². The van der Waals surface area contributed by atoms with Crippen LogP contribution in [0.4, 0.5) is 10.1 Å². The van der Waals surface area contributed by atoms with Crippen LogP contribution in [0.3, 0.4) is 0 Å². The number of carbonyl (C=O) groups excluding carboxylic acids is 1. The van der Waals surface area contributed by atoms with Gasteiger partial charge in [-0.05, 0) is 36.4 Å². The third kappa shape index (κ3) is 3.65. The maximum absolute atomic E-state index is 13.5. The van der Waals surface area contributed by atoms with E-state index in [9.17, 15) is 9.18 Å². The van der Waals surface area contributed by atoms with Crippen molar-refractivity contribution in [3.05, 3.63) is 65.5 Å². The molecule has 2 aromatic rings. The van der Waals surface area contributed by atoms with E-state index in [0.717, 1.165) is 18.7 Å². The van der Waals surface area contributed by atoms with E-state index in [4.69, 9.17) is 0 Å². The maximum atomic E-state index is 13.5. The molecule has 0 aliphatic heterocycles. The second kappa shape index (κ2) is 6.82. The summed E-state index contributed by atoms with van der Waals surface area (Å²) in [6.45, 7) is 3.65. The molecule has 0 fully saturated rings. The Balaban J connectivity index is 2.10. The molecular formula is C16H17FN2O. The van der Waals surface area contributed by atoms with Crippen molar-refractivity contribution in [2.75, 3.05) is 11.9 Å². The molecule has 0 heterocycles. The van der Waals surface area contributed by atoms with Gasteiger partial charge in [0.25, 0.3) is 5.91 Å². The quantitative estimate of drug-likeness (QED) is 0.877. The summed E-state index contributed by atoms with van der Waals surface area (Å²) >= 11 is 0. The maximum Gasteiger partial charge on any atom is 0.258 e. The van der Waals surface area contributed by atoms with E-state index in [1.165, 1.54) is 12.1 Å². The minimum Gasteiger partial charge on any atom is -0.322 e. The molecule has 0 saturated heterocycles. The Bertz CT molecular complexity index is 599. The highest BCUT2D eigenvalue weighted by Gasteiger charge is 2.10. The predicted octanol–water partition coefficient (Wildman–Crippen LogP) is 3.19. The van der Waals surface area contributed by atoms with Crippen molar-refractivity contribution < 1.29 is 9.18 Å². The number of halogens is 1. The number of carbonyl (C=O) groups is 1. The van der Waals surface area contributed by atoms with Crippen LogP contribution in [-0.4, -0.2) is 12.5 Å². The lowest BCUT2D eigenvalue weighted by molar-refractivity contribution is 0.102. The molecule has 2 aromatic carbocycles. The van der Waals surface area contributed by atoms with Crippen molar-refractivity contribution in [3.63, 3.8) is 0 Å². The molecule has 0 aromatic heterocycles. The second-order valence-electron chi connectivity index (χ2n) is 4.41. The molecule has 1 amide bonds. The Morgan fingerprint density at radius 2 is 1.95 bits per heavy atom. The van der Waals surface area contributed by atoms with Gasteiger partial charge in [-0.3, -0.25) is 4.79 Å². The molecular weight excluding hydrogens is 255 g/mol. The molecule has 0 atom stereocenters. The van der Waals surface area contributed by atoms with Gasteiger partial charge in [-0.1, -0.05) is 31.2 Å². The Hall–Kier alpha value is -2.20. The average molecular weight is 272 g/mol. The van der Waals surface area contributed by atoms with Crippen LogP contribution in [0.15, 0.2) is 48.5 Å². The van der Waals surface area contributed by atoms with E-state index in [0.29, 0.717) is 5.69 Å². The van der Waals surface area contributed by atoms with E-state index in [-0.39, 0.29) is 5.56 Å². The molecule has 3 nitrogen and oxygen atoms in total. The average Bonchev–Trinajstić information content (AvgIpc) is 2.46. The van der Waals surface area contributed by atoms with Crippen molar-refractivity contribution in [3.8, 4) is 0 Å². The number of nitrogens with one attached hydrogen (secondary N) is 2. The number of benzene rings is 2. The summed E-state index contributed by atoms with van der Waals surface area (Å²) in [7, 11) is 0. The Morgan fingerprint density at radius 3 is 2.70 bits per heavy atom. The number of rotatable bonds is 5. The summed E-state index contributed by atoms with van der Waals surface area (Å²) in [5.41, 5.74) is 1.77. The van der Waals surface area contributed by atoms with E-state index in [1.807, 2.05) is 25.1 Å². The minimum absolute atomic E-state index is 0.0459. The van der Waals surface area contributed by atoms with E-state index < -0.39 is 11.7 Å². The number of anilines is 1. The first-order valence-electron chi connectivity index (χ1n) is 6.56. The fourth-order valence-corrected chi connectivity index (χ4v) is 1.87. The van der Waals surface area contributed by atoms with E-state index >= 15 is 0 Å². The van der Waals surface area contributed by atoms with Crippen LogP contribution >= 0.6 is 0 Å². The van der Waals surface area contributed by atoms with Gasteiger partial charge in [0.05, 0.1) is 5.56 Å². The zero-order chi connectivity index (χ0) is 14.4. The lowest BCUT2D eigenvalue weighted by atomic mass is 10.1. The van der Waals surface area contributed by atoms with Crippen molar-refractivity contribution in [1.29, 1.82) is 0 Å². The molecule has 104 valence electrons. The molecule has 0 unspecified atom stereocenters. The summed E-state index contributed by atoms with van der Waals surface area (Å²) < 4.78 is 13.5. The van der Waals surface area contributed by atoms with Crippen molar-refractivity contribution in [2.24, 2.45) is 0 Å². The largest absolute Gasteiger partial charge is 0.322 e. The number of amides is 1. The first kappa shape index (κ1) is 14.2. The molecule has 0 radical (unpaired) electrons. The van der Waals surface area contributed by atoms with Gasteiger partial charge in [0, 0.05) is 12.2 Å². The zero-order valence-electron chi connectivity index (χ0n) is 11.3. The molecule has 0 aliphatic carbocycles. The third-order valence-electron chi connectivity index (χ3n) is 2.88. The predicted molar refractivity (Wildman–Crippen MR) is 78.2 cm³/mol. The van der Waals surface area contributed by atoms with Crippen LogP contribution in [0, 0.1) is 5.82 Å². The molecule has 2 N–H and O–H groups in total. The van der Waals surface area contributed by atoms with Crippen molar-refractivity contribution in [1.82, 2.24) is 5.32 Å². The fraction of sp³-hybridized carbons (Fsp3) is 0.188. The summed E-state index contributed by atoms with van der Waals surface area (Å²) in [6.07, 6.45) is 0. The lowest BCUT2D eigenvalue weighted by Crippen LogP contribution is -2.15. The Labute approximate surface area is 117 Å². The van der Waals surface area contributed by atoms with Crippen LogP contribution in [0.1, 0.15) is 22.8 Å². The van der Waals surface area contributed by atoms with Crippen LogP contribution in [0.25, 0.3) is 0 Å². The van der Waals surface area contributed by atoms with Gasteiger partial charge in [-0.15, -0.1) is 0 Å². The van der Waals surface area contributed by atoms with E-state index in [2.05, 4.69) is 10.6 Å². The fourth-order valence-electron chi connectivity index (χ4n) is 1.87. The third-order valence-corrected chi connectivity index (χ3v) is 2.88. The van der Waals surface area contributed by atoms with Gasteiger partial charge in [0.2, 0.25) is 0 Å². The second-order valence-corrected chi connectivity index (χ2v) is 4.41. The highest BCUT2D eigenvalue weighted by Crippen LogP contribution is 2.14. The Morgan fingerprint density at radius 1 is 1.15 bits per heavy atom. The van der Waals surface area contributed by atoms with Crippen molar-refractivity contribution in [2.45, 2.75) is 13.5 Å². The van der Waals surface area contributed by atoms with Gasteiger partial charge in [-0.2, -0.15) is 0 Å². The van der Waals surface area contributed by atoms with Gasteiger partial charge >= 0.3 is 0 Å². The van der Waals surface area contributed by atoms with Gasteiger partial charge in [0.15, 0.2) is 0 Å². The van der Waals surface area contributed by atoms with Crippen LogP contribution < -0.4 is 10.6 Å². The Kier molecular flexibility index (Phi) is 4.85. The van der Waals surface area contributed by atoms with Gasteiger partial charge < -0.3 is 10.6 Å². The topological polar surface area (TPSA) is 41.1 Å². The molecule has 0 saturated carbocycles. The summed E-state index contributed by atoms with van der Waals surface area (Å²) in [5, 5.41) is 5.92. The summed E-state index contributed by atoms with van der Waals surface area (Å²) in [4.78, 5) is 12.0. The van der Waals surface area contributed by atoms with Crippen LogP contribution in [0.5, 0.6) is 0 Å². The normalized spacial score (nSPS) is 10.3. The highest BCUT2D eigenvalue weighted by atomic mass is 19.1. The molecule has 4 heteroatoms. The SMILES string of the molecule is CCNCc1cccc(NC(=O)c2ccccc2F)c1. The summed E-state index contributed by atoms with van der Waals surface area (Å²) in [5.74, 6) is -0.961. The molecule has 0 aliphatic rings. The number of hydrogen-bond acceptors (Lipinski definition) is 2. The smallest absolute Gasteiger partial charge is 0.258 e.